The van der Waals surface area contributed by atoms with Crippen molar-refractivity contribution in [1.82, 2.24) is 20.3 Å². The number of aromatic nitrogens is 3. The van der Waals surface area contributed by atoms with Gasteiger partial charge in [0.2, 0.25) is 0 Å². The molecule has 3 N–H and O–H groups in total. The maximum Gasteiger partial charge on any atom is 0.407 e. The molecule has 0 bridgehead atoms. The molecule has 1 unspecified atom stereocenters. The first-order valence-corrected chi connectivity index (χ1v) is 5.81. The average molecular weight is 239 g/mol. The summed E-state index contributed by atoms with van der Waals surface area (Å²) < 4.78 is 6.73. The number of rotatable bonds is 6. The maximum atomic E-state index is 10.8. The van der Waals surface area contributed by atoms with E-state index < -0.39 is 0 Å². The molecule has 2 rings (SSSR count). The van der Waals surface area contributed by atoms with E-state index in [0.717, 1.165) is 25.0 Å². The van der Waals surface area contributed by atoms with Crippen LogP contribution >= 0.6 is 0 Å². The van der Waals surface area contributed by atoms with Crippen molar-refractivity contribution in [3.8, 4) is 0 Å². The van der Waals surface area contributed by atoms with Crippen LogP contribution in [0.15, 0.2) is 6.20 Å². The first kappa shape index (κ1) is 11.8. The van der Waals surface area contributed by atoms with Crippen LogP contribution in [0, 0.1) is 0 Å². The van der Waals surface area contributed by atoms with Gasteiger partial charge in [-0.1, -0.05) is 5.21 Å². The summed E-state index contributed by atoms with van der Waals surface area (Å²) in [4.78, 5) is 10.8. The lowest BCUT2D eigenvalue weighted by molar-refractivity contribution is 0.128. The molecule has 17 heavy (non-hydrogen) atoms. The summed E-state index contributed by atoms with van der Waals surface area (Å²) in [6.07, 6.45) is 4.29. The quantitative estimate of drug-likeness (QED) is 0.663. The van der Waals surface area contributed by atoms with Gasteiger partial charge >= 0.3 is 6.09 Å². The van der Waals surface area contributed by atoms with Crippen LogP contribution in [-0.2, 0) is 17.7 Å². The van der Waals surface area contributed by atoms with Gasteiger partial charge in [0, 0.05) is 6.20 Å². The highest BCUT2D eigenvalue weighted by Gasteiger charge is 2.23. The average Bonchev–Trinajstić information content (AvgIpc) is 2.90. The molecule has 1 saturated heterocycles. The van der Waals surface area contributed by atoms with E-state index in [-0.39, 0.29) is 12.2 Å². The molecule has 1 aliphatic rings. The number of unbranched alkanes of at least 4 members (excludes halogenated alkanes) is 1. The number of aryl methyl sites for hydroxylation is 1. The molecule has 0 saturated carbocycles. The van der Waals surface area contributed by atoms with Crippen molar-refractivity contribution in [3.63, 3.8) is 0 Å². The van der Waals surface area contributed by atoms with Gasteiger partial charge in [0.1, 0.15) is 6.10 Å². The van der Waals surface area contributed by atoms with E-state index in [9.17, 15) is 4.79 Å². The number of carbonyl (C=O) groups is 1. The Balaban J connectivity index is 1.79. The fourth-order valence-electron chi connectivity index (χ4n) is 1.74. The standard InChI is InChI=1S/C10H17N5O2/c11-4-2-1-3-8-6-15(14-13-8)7-9-5-12-10(16)17-9/h6,9H,1-5,7,11H2,(H,12,16). The molecule has 1 aromatic rings. The molecular formula is C10H17N5O2. The van der Waals surface area contributed by atoms with Crippen molar-refractivity contribution in [2.75, 3.05) is 13.1 Å². The normalized spacial score (nSPS) is 19.1. The molecule has 1 aliphatic heterocycles. The molecule has 2 heterocycles. The summed E-state index contributed by atoms with van der Waals surface area (Å²) >= 11 is 0. The van der Waals surface area contributed by atoms with Crippen LogP contribution in [0.3, 0.4) is 0 Å². The van der Waals surface area contributed by atoms with Crippen molar-refractivity contribution in [3.05, 3.63) is 11.9 Å². The molecule has 0 aliphatic carbocycles. The van der Waals surface area contributed by atoms with Crippen molar-refractivity contribution in [2.24, 2.45) is 5.73 Å². The van der Waals surface area contributed by atoms with Gasteiger partial charge in [-0.3, -0.25) is 0 Å². The Bertz CT molecular complexity index is 379. The van der Waals surface area contributed by atoms with Gasteiger partial charge in [-0.15, -0.1) is 5.10 Å². The zero-order valence-electron chi connectivity index (χ0n) is 9.63. The number of carbonyl (C=O) groups excluding carboxylic acids is 1. The molecule has 0 spiro atoms. The molecular weight excluding hydrogens is 222 g/mol. The molecule has 1 amide bonds. The second kappa shape index (κ2) is 5.62. The second-order valence-electron chi connectivity index (χ2n) is 4.09. The Hall–Kier alpha value is -1.63. The molecule has 1 aromatic heterocycles. The molecule has 1 atom stereocenters. The topological polar surface area (TPSA) is 95.1 Å². The lowest BCUT2D eigenvalue weighted by Crippen LogP contribution is -2.20. The highest BCUT2D eigenvalue weighted by molar-refractivity contribution is 5.69. The maximum absolute atomic E-state index is 10.8. The number of hydrogen-bond donors (Lipinski definition) is 2. The monoisotopic (exact) mass is 239 g/mol. The highest BCUT2D eigenvalue weighted by atomic mass is 16.6. The van der Waals surface area contributed by atoms with Crippen LogP contribution in [0.25, 0.3) is 0 Å². The number of hydrogen-bond acceptors (Lipinski definition) is 5. The first-order chi connectivity index (χ1) is 8.28. The summed E-state index contributed by atoms with van der Waals surface area (Å²) in [6.45, 7) is 1.78. The van der Waals surface area contributed by atoms with E-state index in [1.54, 1.807) is 4.68 Å². The summed E-state index contributed by atoms with van der Waals surface area (Å²) in [6, 6.07) is 0. The van der Waals surface area contributed by atoms with Gasteiger partial charge in [0.15, 0.2) is 0 Å². The molecule has 0 aromatic carbocycles. The fraction of sp³-hybridized carbons (Fsp3) is 0.700. The Kier molecular flexibility index (Phi) is 3.92. The number of amides is 1. The van der Waals surface area contributed by atoms with Gasteiger partial charge in [-0.25, -0.2) is 9.48 Å². The highest BCUT2D eigenvalue weighted by Crippen LogP contribution is 2.05. The van der Waals surface area contributed by atoms with Gasteiger partial charge < -0.3 is 15.8 Å². The van der Waals surface area contributed by atoms with Crippen LogP contribution in [0.5, 0.6) is 0 Å². The molecule has 7 nitrogen and oxygen atoms in total. The predicted molar refractivity (Wildman–Crippen MR) is 60.3 cm³/mol. The number of cyclic esters (lactones) is 1. The third kappa shape index (κ3) is 3.42. The Labute approximate surface area is 99.3 Å². The van der Waals surface area contributed by atoms with E-state index in [0.29, 0.717) is 19.6 Å². The molecule has 1 fully saturated rings. The van der Waals surface area contributed by atoms with E-state index in [1.165, 1.54) is 0 Å². The summed E-state index contributed by atoms with van der Waals surface area (Å²) in [5.41, 5.74) is 6.38. The number of alkyl carbamates (subject to hydrolysis) is 1. The smallest absolute Gasteiger partial charge is 0.407 e. The van der Waals surface area contributed by atoms with Crippen molar-refractivity contribution in [2.45, 2.75) is 31.9 Å². The van der Waals surface area contributed by atoms with Crippen molar-refractivity contribution >= 4 is 6.09 Å². The number of nitrogens with zero attached hydrogens (tertiary/aromatic N) is 3. The van der Waals surface area contributed by atoms with Crippen LogP contribution in [0.1, 0.15) is 18.5 Å². The summed E-state index contributed by atoms with van der Waals surface area (Å²) in [7, 11) is 0. The fourth-order valence-corrected chi connectivity index (χ4v) is 1.74. The van der Waals surface area contributed by atoms with Gasteiger partial charge in [-0.05, 0) is 25.8 Å². The lowest BCUT2D eigenvalue weighted by Gasteiger charge is -2.05. The molecule has 7 heteroatoms. The van der Waals surface area contributed by atoms with E-state index in [2.05, 4.69) is 15.6 Å². The Morgan fingerprint density at radius 1 is 1.59 bits per heavy atom. The minimum absolute atomic E-state index is 0.152. The minimum Gasteiger partial charge on any atom is -0.442 e. The first-order valence-electron chi connectivity index (χ1n) is 5.81. The zero-order chi connectivity index (χ0) is 12.1. The van der Waals surface area contributed by atoms with Crippen molar-refractivity contribution < 1.29 is 9.53 Å². The van der Waals surface area contributed by atoms with Gasteiger partial charge in [-0.2, -0.15) is 0 Å². The van der Waals surface area contributed by atoms with Crippen LogP contribution in [0.2, 0.25) is 0 Å². The van der Waals surface area contributed by atoms with Crippen LogP contribution < -0.4 is 11.1 Å². The zero-order valence-corrected chi connectivity index (χ0v) is 9.63. The SMILES string of the molecule is NCCCCc1cn(CC2CNC(=O)O2)nn1. The van der Waals surface area contributed by atoms with Gasteiger partial charge in [0.25, 0.3) is 0 Å². The van der Waals surface area contributed by atoms with Crippen LogP contribution in [0.4, 0.5) is 4.79 Å². The predicted octanol–water partition coefficient (Wildman–Crippen LogP) is -0.332. The number of ether oxygens (including phenoxy) is 1. The molecule has 94 valence electrons. The number of nitrogens with one attached hydrogen (secondary N) is 1. The lowest BCUT2D eigenvalue weighted by atomic mass is 10.2. The van der Waals surface area contributed by atoms with Crippen LogP contribution in [-0.4, -0.2) is 40.3 Å². The third-order valence-electron chi connectivity index (χ3n) is 2.61. The van der Waals surface area contributed by atoms with Gasteiger partial charge in [0.05, 0.1) is 18.8 Å². The van der Waals surface area contributed by atoms with E-state index in [4.69, 9.17) is 10.5 Å². The Morgan fingerprint density at radius 3 is 3.18 bits per heavy atom. The van der Waals surface area contributed by atoms with E-state index >= 15 is 0 Å². The number of nitrogens with two attached hydrogens (primary N) is 1. The minimum atomic E-state index is -0.363. The second-order valence-corrected chi connectivity index (χ2v) is 4.09. The van der Waals surface area contributed by atoms with E-state index in [1.807, 2.05) is 6.20 Å². The van der Waals surface area contributed by atoms with Crippen molar-refractivity contribution in [1.29, 1.82) is 0 Å². The largest absolute Gasteiger partial charge is 0.442 e. The third-order valence-corrected chi connectivity index (χ3v) is 2.61. The summed E-state index contributed by atoms with van der Waals surface area (Å²) in [5, 5.41) is 10.7. The molecule has 0 radical (unpaired) electrons. The Morgan fingerprint density at radius 2 is 2.47 bits per heavy atom. The summed E-state index contributed by atoms with van der Waals surface area (Å²) in [5.74, 6) is 0.